The zero-order valence-electron chi connectivity index (χ0n) is 9.38. The Morgan fingerprint density at radius 3 is 2.65 bits per heavy atom. The van der Waals surface area contributed by atoms with E-state index >= 15 is 0 Å². The summed E-state index contributed by atoms with van der Waals surface area (Å²) < 4.78 is 39.5. The molecule has 0 radical (unpaired) electrons. The van der Waals surface area contributed by atoms with Gasteiger partial charge in [0.05, 0.1) is 6.04 Å². The zero-order chi connectivity index (χ0) is 12.8. The molecule has 1 aromatic rings. The van der Waals surface area contributed by atoms with Gasteiger partial charge in [0.25, 0.3) is 0 Å². The van der Waals surface area contributed by atoms with E-state index in [2.05, 4.69) is 10.3 Å². The van der Waals surface area contributed by atoms with Gasteiger partial charge in [0.2, 0.25) is 0 Å². The summed E-state index contributed by atoms with van der Waals surface area (Å²) in [6, 6.07) is -0.508. The van der Waals surface area contributed by atoms with Crippen LogP contribution in [0.2, 0.25) is 0 Å². The summed E-state index contributed by atoms with van der Waals surface area (Å²) in [7, 11) is 0. The van der Waals surface area contributed by atoms with Crippen LogP contribution >= 0.6 is 0 Å². The van der Waals surface area contributed by atoms with Gasteiger partial charge >= 0.3 is 6.18 Å². The van der Waals surface area contributed by atoms with Crippen molar-refractivity contribution in [3.8, 4) is 0 Å². The number of alkyl halides is 3. The number of aromatic nitrogens is 2. The molecule has 2 heterocycles. The molecule has 0 spiro atoms. The van der Waals surface area contributed by atoms with Crippen molar-refractivity contribution < 1.29 is 18.0 Å². The molecule has 0 fully saturated rings. The van der Waals surface area contributed by atoms with E-state index in [-0.39, 0.29) is 29.9 Å². The summed E-state index contributed by atoms with van der Waals surface area (Å²) in [5, 5.41) is 3.04. The van der Waals surface area contributed by atoms with E-state index in [1.807, 2.05) is 0 Å². The molecule has 7 heteroatoms. The molecule has 0 saturated heterocycles. The fourth-order valence-corrected chi connectivity index (χ4v) is 2.08. The second-order valence-corrected chi connectivity index (χ2v) is 4.17. The van der Waals surface area contributed by atoms with Crippen molar-refractivity contribution in [1.82, 2.24) is 14.9 Å². The summed E-state index contributed by atoms with van der Waals surface area (Å²) in [5.74, 6) is 0.262. The topological polar surface area (TPSA) is 46.9 Å². The Balaban J connectivity index is 2.66. The fourth-order valence-electron chi connectivity index (χ4n) is 2.08. The van der Waals surface area contributed by atoms with Crippen molar-refractivity contribution in [2.75, 3.05) is 6.54 Å². The predicted octanol–water partition coefficient (Wildman–Crippen LogP) is 1.94. The minimum Gasteiger partial charge on any atom is -0.320 e. The van der Waals surface area contributed by atoms with Crippen LogP contribution in [0.15, 0.2) is 0 Å². The van der Waals surface area contributed by atoms with Crippen molar-refractivity contribution in [1.29, 1.82) is 0 Å². The Hall–Kier alpha value is -1.37. The predicted molar refractivity (Wildman–Crippen MR) is 53.7 cm³/mol. The second kappa shape index (κ2) is 3.83. The average Bonchev–Trinajstić information content (AvgIpc) is 2.63. The van der Waals surface area contributed by atoms with Crippen LogP contribution in [0.5, 0.6) is 0 Å². The lowest BCUT2D eigenvalue weighted by molar-refractivity contribution is -0.141. The minimum absolute atomic E-state index is 0.218. The first-order valence-corrected chi connectivity index (χ1v) is 5.24. The molecular weight excluding hydrogens is 235 g/mol. The number of rotatable bonds is 1. The lowest BCUT2D eigenvalue weighted by atomic mass is 10.2. The molecule has 0 aliphatic carbocycles. The molecule has 1 aliphatic heterocycles. The molecule has 0 bridgehead atoms. The van der Waals surface area contributed by atoms with Crippen LogP contribution in [0.1, 0.15) is 47.9 Å². The van der Waals surface area contributed by atoms with Crippen LogP contribution in [0, 0.1) is 0 Å². The van der Waals surface area contributed by atoms with Gasteiger partial charge in [-0.3, -0.25) is 4.79 Å². The third kappa shape index (κ3) is 1.84. The van der Waals surface area contributed by atoms with Gasteiger partial charge in [-0.05, 0) is 13.8 Å². The fraction of sp³-hybridized carbons (Fsp3) is 0.600. The molecule has 2 atom stereocenters. The molecular formula is C10H12F3N3O. The van der Waals surface area contributed by atoms with E-state index < -0.39 is 11.9 Å². The van der Waals surface area contributed by atoms with Gasteiger partial charge in [0.1, 0.15) is 11.5 Å². The maximum absolute atomic E-state index is 12.7. The van der Waals surface area contributed by atoms with Crippen LogP contribution < -0.4 is 5.32 Å². The van der Waals surface area contributed by atoms with Crippen molar-refractivity contribution in [2.45, 2.75) is 32.1 Å². The van der Waals surface area contributed by atoms with E-state index in [0.717, 1.165) is 0 Å². The second-order valence-electron chi connectivity index (χ2n) is 4.17. The van der Waals surface area contributed by atoms with Gasteiger partial charge < -0.3 is 9.88 Å². The molecule has 1 aliphatic rings. The van der Waals surface area contributed by atoms with Crippen molar-refractivity contribution in [2.24, 2.45) is 0 Å². The zero-order valence-corrected chi connectivity index (χ0v) is 9.38. The normalized spacial score (nSPS) is 24.5. The standard InChI is InChI=1S/C10H12F3N3O/c1-5-3-14-6(2)9-15-8(10(11,12)13)7(4-17)16(5)9/h4-6,14H,3H2,1-2H3/t5-,6+/m1/s1. The molecule has 0 unspecified atom stereocenters. The Labute approximate surface area is 95.8 Å². The first kappa shape index (κ1) is 12.1. The number of nitrogens with one attached hydrogen (secondary N) is 1. The molecule has 17 heavy (non-hydrogen) atoms. The van der Waals surface area contributed by atoms with Crippen LogP contribution in [-0.4, -0.2) is 22.4 Å². The third-order valence-corrected chi connectivity index (χ3v) is 2.90. The lowest BCUT2D eigenvalue weighted by Gasteiger charge is -2.28. The number of halogens is 3. The number of hydrogen-bond donors (Lipinski definition) is 1. The van der Waals surface area contributed by atoms with E-state index in [1.54, 1.807) is 13.8 Å². The number of carbonyl (C=O) groups excluding carboxylic acids is 1. The van der Waals surface area contributed by atoms with Crippen LogP contribution in [0.25, 0.3) is 0 Å². The summed E-state index contributed by atoms with van der Waals surface area (Å²) in [5.41, 5.74) is -1.47. The van der Waals surface area contributed by atoms with E-state index in [0.29, 0.717) is 6.54 Å². The molecule has 0 saturated carbocycles. The number of fused-ring (bicyclic) bond motifs is 1. The molecule has 2 rings (SSSR count). The van der Waals surface area contributed by atoms with Gasteiger partial charge in [-0.2, -0.15) is 13.2 Å². The van der Waals surface area contributed by atoms with Gasteiger partial charge in [-0.25, -0.2) is 4.98 Å². The molecule has 1 aromatic heterocycles. The Morgan fingerprint density at radius 2 is 2.12 bits per heavy atom. The summed E-state index contributed by atoms with van der Waals surface area (Å²) in [6.45, 7) is 3.99. The highest BCUT2D eigenvalue weighted by Gasteiger charge is 2.41. The monoisotopic (exact) mass is 247 g/mol. The minimum atomic E-state index is -4.60. The number of imidazole rings is 1. The van der Waals surface area contributed by atoms with Crippen molar-refractivity contribution in [3.63, 3.8) is 0 Å². The Morgan fingerprint density at radius 1 is 1.47 bits per heavy atom. The summed E-state index contributed by atoms with van der Waals surface area (Å²) in [4.78, 5) is 14.4. The number of hydrogen-bond acceptors (Lipinski definition) is 3. The first-order chi connectivity index (χ1) is 7.86. The lowest BCUT2D eigenvalue weighted by Crippen LogP contribution is -2.35. The van der Waals surface area contributed by atoms with Gasteiger partial charge in [-0.1, -0.05) is 0 Å². The largest absolute Gasteiger partial charge is 0.435 e. The molecule has 0 amide bonds. The SMILES string of the molecule is C[C@@H]1NC[C@@H](C)n2c1nc(C(F)(F)F)c2C=O. The molecule has 94 valence electrons. The third-order valence-electron chi connectivity index (χ3n) is 2.90. The number of carbonyl (C=O) groups is 1. The molecule has 0 aromatic carbocycles. The Bertz CT molecular complexity index is 452. The average molecular weight is 247 g/mol. The maximum Gasteiger partial charge on any atom is 0.435 e. The van der Waals surface area contributed by atoms with E-state index in [9.17, 15) is 18.0 Å². The van der Waals surface area contributed by atoms with Crippen LogP contribution in [0.3, 0.4) is 0 Å². The van der Waals surface area contributed by atoms with Gasteiger partial charge in [0.15, 0.2) is 12.0 Å². The van der Waals surface area contributed by atoms with Gasteiger partial charge in [-0.15, -0.1) is 0 Å². The number of nitrogens with zero attached hydrogens (tertiary/aromatic N) is 2. The molecule has 1 N–H and O–H groups in total. The first-order valence-electron chi connectivity index (χ1n) is 5.24. The smallest absolute Gasteiger partial charge is 0.320 e. The quantitative estimate of drug-likeness (QED) is 0.771. The maximum atomic E-state index is 12.7. The van der Waals surface area contributed by atoms with E-state index in [4.69, 9.17) is 0 Å². The highest BCUT2D eigenvalue weighted by molar-refractivity contribution is 5.75. The van der Waals surface area contributed by atoms with Gasteiger partial charge in [0, 0.05) is 12.6 Å². The van der Waals surface area contributed by atoms with Crippen molar-refractivity contribution in [3.05, 3.63) is 17.2 Å². The summed E-state index contributed by atoms with van der Waals surface area (Å²) >= 11 is 0. The van der Waals surface area contributed by atoms with E-state index in [1.165, 1.54) is 4.57 Å². The highest BCUT2D eigenvalue weighted by atomic mass is 19.4. The summed E-state index contributed by atoms with van der Waals surface area (Å²) in [6.07, 6.45) is -4.37. The Kier molecular flexibility index (Phi) is 2.73. The van der Waals surface area contributed by atoms with Crippen LogP contribution in [-0.2, 0) is 6.18 Å². The van der Waals surface area contributed by atoms with Crippen molar-refractivity contribution >= 4 is 6.29 Å². The highest BCUT2D eigenvalue weighted by Crippen LogP contribution is 2.35. The molecule has 4 nitrogen and oxygen atoms in total. The van der Waals surface area contributed by atoms with Crippen LogP contribution in [0.4, 0.5) is 13.2 Å². The number of aldehydes is 1.